The van der Waals surface area contributed by atoms with Crippen molar-refractivity contribution in [1.29, 1.82) is 0 Å². The highest BCUT2D eigenvalue weighted by Gasteiger charge is 2.19. The van der Waals surface area contributed by atoms with E-state index in [0.29, 0.717) is 23.4 Å². The molecular formula is C24H22BN3O3. The Hall–Kier alpha value is -3.74. The first-order chi connectivity index (χ1) is 14.9. The number of fused-ring (bicyclic) bond motifs is 1. The molecular weight excluding hydrogens is 389 g/mol. The van der Waals surface area contributed by atoms with Gasteiger partial charge in [0.05, 0.1) is 30.4 Å². The predicted octanol–water partition coefficient (Wildman–Crippen LogP) is 1.95. The third-order valence-electron chi connectivity index (χ3n) is 5.25. The van der Waals surface area contributed by atoms with Crippen molar-refractivity contribution in [2.45, 2.75) is 20.4 Å². The van der Waals surface area contributed by atoms with Crippen molar-refractivity contribution in [2.75, 3.05) is 7.11 Å². The first-order valence-corrected chi connectivity index (χ1v) is 10.00. The van der Waals surface area contributed by atoms with Gasteiger partial charge in [-0.1, -0.05) is 12.1 Å². The molecule has 0 bridgehead atoms. The molecule has 6 nitrogen and oxygen atoms in total. The first kappa shape index (κ1) is 20.5. The summed E-state index contributed by atoms with van der Waals surface area (Å²) in [4.78, 5) is 35.5. The number of ketones is 1. The normalized spacial score (nSPS) is 10.9. The topological polar surface area (TPSA) is 74.1 Å². The van der Waals surface area contributed by atoms with Crippen LogP contribution in [0.15, 0.2) is 59.5 Å². The standard InChI is InChI=1S/C24H22BN3O3/c1-14-11-16(8-10-20(14)31-3)23(29)18-13-28(12-17-5-4-6-21(25)27-17)19-9-7-15(2)26-22(19)24(18)30/h4-11,13H,12,25H2,1-3H3. The molecule has 0 spiro atoms. The molecule has 4 rings (SSSR count). The zero-order valence-electron chi connectivity index (χ0n) is 18.0. The maximum absolute atomic E-state index is 13.3. The molecule has 0 N–H and O–H groups in total. The molecule has 4 aromatic rings. The van der Waals surface area contributed by atoms with Crippen molar-refractivity contribution in [3.8, 4) is 5.75 Å². The van der Waals surface area contributed by atoms with E-state index in [1.807, 2.05) is 56.6 Å². The van der Waals surface area contributed by atoms with E-state index in [2.05, 4.69) is 9.97 Å². The number of carbonyl (C=O) groups is 1. The molecule has 154 valence electrons. The maximum Gasteiger partial charge on any atom is 0.218 e. The van der Waals surface area contributed by atoms with Crippen molar-refractivity contribution in [3.05, 3.63) is 93.0 Å². The van der Waals surface area contributed by atoms with Gasteiger partial charge in [0.2, 0.25) is 5.43 Å². The van der Waals surface area contributed by atoms with Gasteiger partial charge in [0, 0.05) is 17.5 Å². The molecule has 0 aliphatic heterocycles. The minimum atomic E-state index is -0.370. The second-order valence-corrected chi connectivity index (χ2v) is 7.60. The quantitative estimate of drug-likeness (QED) is 0.371. The lowest BCUT2D eigenvalue weighted by Gasteiger charge is -2.14. The molecule has 0 fully saturated rings. The van der Waals surface area contributed by atoms with E-state index >= 15 is 0 Å². The zero-order valence-corrected chi connectivity index (χ0v) is 18.0. The van der Waals surface area contributed by atoms with Gasteiger partial charge >= 0.3 is 0 Å². The lowest BCUT2D eigenvalue weighted by Crippen LogP contribution is -2.22. The van der Waals surface area contributed by atoms with Gasteiger partial charge in [0.25, 0.3) is 0 Å². The van der Waals surface area contributed by atoms with Gasteiger partial charge in [-0.25, -0.2) is 4.98 Å². The highest BCUT2D eigenvalue weighted by molar-refractivity contribution is 6.30. The lowest BCUT2D eigenvalue weighted by molar-refractivity contribution is 0.103. The molecule has 0 aliphatic carbocycles. The average Bonchev–Trinajstić information content (AvgIpc) is 2.75. The average molecular weight is 411 g/mol. The van der Waals surface area contributed by atoms with E-state index in [1.165, 1.54) is 0 Å². The van der Waals surface area contributed by atoms with Crippen molar-refractivity contribution >= 4 is 30.3 Å². The Balaban J connectivity index is 1.89. The van der Waals surface area contributed by atoms with Crippen molar-refractivity contribution in [3.63, 3.8) is 0 Å². The fourth-order valence-electron chi connectivity index (χ4n) is 3.69. The van der Waals surface area contributed by atoms with Gasteiger partial charge in [-0.15, -0.1) is 0 Å². The molecule has 3 aromatic heterocycles. The van der Waals surface area contributed by atoms with Crippen LogP contribution < -0.4 is 15.8 Å². The second kappa shape index (κ2) is 8.18. The lowest BCUT2D eigenvalue weighted by atomic mass is 10.0. The number of hydrogen-bond acceptors (Lipinski definition) is 5. The van der Waals surface area contributed by atoms with Gasteiger partial charge in [-0.05, 0) is 61.4 Å². The van der Waals surface area contributed by atoms with Crippen LogP contribution >= 0.6 is 0 Å². The molecule has 0 saturated carbocycles. The number of rotatable bonds is 5. The number of aromatic nitrogens is 3. The van der Waals surface area contributed by atoms with Crippen molar-refractivity contribution < 1.29 is 9.53 Å². The summed E-state index contributed by atoms with van der Waals surface area (Å²) in [6, 6.07) is 14.7. The highest BCUT2D eigenvalue weighted by atomic mass is 16.5. The number of methoxy groups -OCH3 is 1. The minimum Gasteiger partial charge on any atom is -0.496 e. The SMILES string of the molecule is Bc1cccc(Cn2cc(C(=O)c3ccc(OC)c(C)c3)c(=O)c3nc(C)ccc32)n1. The van der Waals surface area contributed by atoms with Crippen molar-refractivity contribution in [1.82, 2.24) is 14.5 Å². The van der Waals surface area contributed by atoms with Gasteiger partial charge in [-0.3, -0.25) is 14.6 Å². The number of hydrogen-bond donors (Lipinski definition) is 0. The number of carbonyl (C=O) groups excluding carboxylic acids is 1. The van der Waals surface area contributed by atoms with Crippen LogP contribution in [0.2, 0.25) is 0 Å². The van der Waals surface area contributed by atoms with E-state index in [4.69, 9.17) is 4.74 Å². The number of aryl methyl sites for hydroxylation is 2. The third kappa shape index (κ3) is 3.99. The van der Waals surface area contributed by atoms with Crippen LogP contribution in [0.25, 0.3) is 11.0 Å². The predicted molar refractivity (Wildman–Crippen MR) is 123 cm³/mol. The first-order valence-electron chi connectivity index (χ1n) is 10.00. The number of pyridine rings is 3. The summed E-state index contributed by atoms with van der Waals surface area (Å²) in [6.45, 7) is 4.11. The van der Waals surface area contributed by atoms with E-state index < -0.39 is 0 Å². The van der Waals surface area contributed by atoms with Crippen molar-refractivity contribution in [2.24, 2.45) is 0 Å². The molecule has 0 unspecified atom stereocenters. The molecule has 3 heterocycles. The Bertz CT molecular complexity index is 1380. The van der Waals surface area contributed by atoms with Crippen LogP contribution in [0.4, 0.5) is 0 Å². The molecule has 1 aromatic carbocycles. The summed E-state index contributed by atoms with van der Waals surface area (Å²) in [5, 5.41) is 0. The number of ether oxygens (including phenoxy) is 1. The summed E-state index contributed by atoms with van der Waals surface area (Å²) in [5.41, 5.74) is 4.38. The monoisotopic (exact) mass is 411 g/mol. The van der Waals surface area contributed by atoms with Crippen LogP contribution in [0.1, 0.15) is 32.9 Å². The molecule has 0 atom stereocenters. The summed E-state index contributed by atoms with van der Waals surface area (Å²) < 4.78 is 7.15. The molecule has 7 heteroatoms. The number of benzene rings is 1. The second-order valence-electron chi connectivity index (χ2n) is 7.60. The summed E-state index contributed by atoms with van der Waals surface area (Å²) in [7, 11) is 3.51. The van der Waals surface area contributed by atoms with E-state index in [0.717, 1.165) is 22.5 Å². The van der Waals surface area contributed by atoms with Gasteiger partial charge in [0.15, 0.2) is 13.6 Å². The van der Waals surface area contributed by atoms with Crippen LogP contribution in [0.5, 0.6) is 5.75 Å². The maximum atomic E-state index is 13.3. The van der Waals surface area contributed by atoms with Crippen LogP contribution in [-0.4, -0.2) is 35.3 Å². The van der Waals surface area contributed by atoms with Gasteiger partial charge in [-0.2, -0.15) is 0 Å². The van der Waals surface area contributed by atoms with Crippen LogP contribution in [0.3, 0.4) is 0 Å². The largest absolute Gasteiger partial charge is 0.496 e. The highest BCUT2D eigenvalue weighted by Crippen LogP contribution is 2.21. The molecule has 31 heavy (non-hydrogen) atoms. The smallest absolute Gasteiger partial charge is 0.218 e. The minimum absolute atomic E-state index is 0.0859. The Kier molecular flexibility index (Phi) is 5.42. The molecule has 0 saturated heterocycles. The van der Waals surface area contributed by atoms with E-state index in [9.17, 15) is 9.59 Å². The Morgan fingerprint density at radius 3 is 2.61 bits per heavy atom. The zero-order chi connectivity index (χ0) is 22.1. The summed E-state index contributed by atoms with van der Waals surface area (Å²) >= 11 is 0. The Morgan fingerprint density at radius 1 is 1.10 bits per heavy atom. The number of nitrogens with zero attached hydrogens (tertiary/aromatic N) is 3. The Labute approximate surface area is 181 Å². The molecule has 0 radical (unpaired) electrons. The van der Waals surface area contributed by atoms with E-state index in [-0.39, 0.29) is 22.3 Å². The van der Waals surface area contributed by atoms with Gasteiger partial charge in [0.1, 0.15) is 11.3 Å². The molecule has 0 amide bonds. The van der Waals surface area contributed by atoms with Crippen LogP contribution in [-0.2, 0) is 6.54 Å². The van der Waals surface area contributed by atoms with E-state index in [1.54, 1.807) is 31.5 Å². The van der Waals surface area contributed by atoms with Gasteiger partial charge < -0.3 is 9.30 Å². The Morgan fingerprint density at radius 2 is 1.90 bits per heavy atom. The fourth-order valence-corrected chi connectivity index (χ4v) is 3.69. The third-order valence-corrected chi connectivity index (χ3v) is 5.25. The summed E-state index contributed by atoms with van der Waals surface area (Å²) in [5.74, 6) is 0.349. The van der Waals surface area contributed by atoms with Crippen LogP contribution in [0, 0.1) is 13.8 Å². The fraction of sp³-hybridized carbons (Fsp3) is 0.167. The summed E-state index contributed by atoms with van der Waals surface area (Å²) in [6.07, 6.45) is 1.62. The molecule has 0 aliphatic rings.